The summed E-state index contributed by atoms with van der Waals surface area (Å²) in [4.78, 5) is 47.3. The average molecular weight is 1020 g/mol. The van der Waals surface area contributed by atoms with Gasteiger partial charge in [-0.2, -0.15) is 0 Å². The number of ketones is 1. The fraction of sp³-hybridized carbons (Fsp3) is 0.340. The third-order valence-corrected chi connectivity index (χ3v) is 15.7. The lowest BCUT2D eigenvalue weighted by molar-refractivity contribution is -0.384. The third kappa shape index (κ3) is 13.9. The van der Waals surface area contributed by atoms with Crippen LogP contribution in [0.15, 0.2) is 137 Å². The number of thioether (sulfide) groups is 1. The van der Waals surface area contributed by atoms with Crippen LogP contribution in [-0.2, 0) is 10.0 Å². The second-order valence-corrected chi connectivity index (χ2v) is 21.5. The highest BCUT2D eigenvalue weighted by molar-refractivity contribution is 7.99. The van der Waals surface area contributed by atoms with Crippen molar-refractivity contribution in [3.8, 4) is 22.5 Å². The lowest BCUT2D eigenvalue weighted by Crippen LogP contribution is -2.46. The number of rotatable bonds is 21. The number of nitro groups is 1. The Kier molecular flexibility index (Phi) is 17.3. The van der Waals surface area contributed by atoms with E-state index in [1.165, 1.54) is 12.1 Å². The van der Waals surface area contributed by atoms with E-state index in [1.807, 2.05) is 93.0 Å². The summed E-state index contributed by atoms with van der Waals surface area (Å²) in [5, 5.41) is 16.3. The Balaban J connectivity index is 0.893. The fourth-order valence-corrected chi connectivity index (χ4v) is 10.9. The first-order chi connectivity index (χ1) is 34.3. The molecule has 0 saturated carbocycles. The number of hydrogen-bond acceptors (Lipinski definition) is 14. The average Bonchev–Trinajstić information content (AvgIpc) is 3.38. The largest absolute Gasteiger partial charge is 0.376 e. The zero-order chi connectivity index (χ0) is 49.9. The molecule has 372 valence electrons. The van der Waals surface area contributed by atoms with Crippen molar-refractivity contribution >= 4 is 67.6 Å². The number of halogens is 1. The van der Waals surface area contributed by atoms with Gasteiger partial charge in [-0.3, -0.25) is 24.6 Å². The predicted molar refractivity (Wildman–Crippen MR) is 288 cm³/mol. The Morgan fingerprint density at radius 3 is 2.21 bits per heavy atom. The monoisotopic (exact) mass is 1020 g/mol. The Hall–Kier alpha value is -6.08. The van der Waals surface area contributed by atoms with Gasteiger partial charge in [-0.1, -0.05) is 54.1 Å². The van der Waals surface area contributed by atoms with E-state index in [2.05, 4.69) is 53.7 Å². The Morgan fingerprint density at radius 1 is 0.817 bits per heavy atom. The molecule has 1 aromatic heterocycles. The molecule has 3 heterocycles. The molecule has 0 amide bonds. The number of Topliss-reactive ketones (excluding diaryl/α,β-unsaturated/α-hetero) is 1. The minimum absolute atomic E-state index is 0.0203. The summed E-state index contributed by atoms with van der Waals surface area (Å²) < 4.78 is 29.9. The Bertz CT molecular complexity index is 2860. The molecule has 71 heavy (non-hydrogen) atoms. The predicted octanol–water partition coefficient (Wildman–Crippen LogP) is 9.23. The maximum atomic E-state index is 13.6. The first-order valence-electron chi connectivity index (χ1n) is 24.0. The topological polar surface area (TPSA) is 160 Å². The summed E-state index contributed by atoms with van der Waals surface area (Å²) in [6.45, 7) is 8.68. The number of hydrogen-bond donors (Lipinski definition) is 2. The normalized spacial score (nSPS) is 15.2. The van der Waals surface area contributed by atoms with Crippen molar-refractivity contribution < 1.29 is 18.1 Å². The van der Waals surface area contributed by atoms with E-state index >= 15 is 0 Å². The molecule has 5 aromatic carbocycles. The SMILES string of the molecule is CN(C)CC[C@H](CSc1ccccc1)Nc1ccc(S(=O)(=O)Nc2ccc(N3CCN(c4cccc(-c5ncc(C(=O)CCCN6CCN(C)CC6)nc5-c5ccc(Cl)cc5)c4)CC3)cc2)cc1[N+](=O)[O-]. The van der Waals surface area contributed by atoms with Crippen LogP contribution in [0.3, 0.4) is 0 Å². The quantitative estimate of drug-likeness (QED) is 0.0304. The zero-order valence-electron chi connectivity index (χ0n) is 40.4. The van der Waals surface area contributed by atoms with Crippen molar-refractivity contribution in [1.29, 1.82) is 0 Å². The van der Waals surface area contributed by atoms with Gasteiger partial charge in [-0.25, -0.2) is 13.4 Å². The Morgan fingerprint density at radius 2 is 1.52 bits per heavy atom. The van der Waals surface area contributed by atoms with Crippen LogP contribution in [0, 0.1) is 10.1 Å². The molecule has 0 spiro atoms. The third-order valence-electron chi connectivity index (χ3n) is 12.9. The van der Waals surface area contributed by atoms with Crippen molar-refractivity contribution in [2.75, 3.05) is 112 Å². The van der Waals surface area contributed by atoms with Crippen molar-refractivity contribution in [2.24, 2.45) is 0 Å². The molecule has 1 atom stereocenters. The number of carbonyl (C=O) groups excluding carboxylic acids is 1. The maximum absolute atomic E-state index is 13.6. The van der Waals surface area contributed by atoms with Crippen LogP contribution in [0.5, 0.6) is 0 Å². The fourth-order valence-electron chi connectivity index (χ4n) is 8.73. The van der Waals surface area contributed by atoms with Gasteiger partial charge in [0.1, 0.15) is 11.4 Å². The summed E-state index contributed by atoms with van der Waals surface area (Å²) in [7, 11) is 1.93. The molecule has 2 aliphatic heterocycles. The molecular formula is C53H61ClN10O5S2. The maximum Gasteiger partial charge on any atom is 0.293 e. The van der Waals surface area contributed by atoms with Gasteiger partial charge in [-0.15, -0.1) is 11.8 Å². The van der Waals surface area contributed by atoms with E-state index in [0.717, 1.165) is 112 Å². The summed E-state index contributed by atoms with van der Waals surface area (Å²) in [6, 6.07) is 36.7. The molecule has 0 bridgehead atoms. The smallest absolute Gasteiger partial charge is 0.293 e. The molecule has 18 heteroatoms. The second kappa shape index (κ2) is 23.9. The van der Waals surface area contributed by atoms with Crippen LogP contribution >= 0.6 is 23.4 Å². The van der Waals surface area contributed by atoms with Crippen molar-refractivity contribution in [2.45, 2.75) is 35.1 Å². The molecule has 8 rings (SSSR count). The van der Waals surface area contributed by atoms with Crippen molar-refractivity contribution in [3.63, 3.8) is 0 Å². The number of benzene rings is 5. The van der Waals surface area contributed by atoms with Crippen LogP contribution in [0.2, 0.25) is 5.02 Å². The highest BCUT2D eigenvalue weighted by atomic mass is 35.5. The van der Waals surface area contributed by atoms with E-state index in [4.69, 9.17) is 21.6 Å². The minimum Gasteiger partial charge on any atom is -0.376 e. The molecule has 0 aliphatic carbocycles. The number of nitro benzene ring substituents is 1. The van der Waals surface area contributed by atoms with Gasteiger partial charge in [0.25, 0.3) is 15.7 Å². The van der Waals surface area contributed by atoms with Crippen LogP contribution in [0.4, 0.5) is 28.4 Å². The molecule has 2 aliphatic rings. The van der Waals surface area contributed by atoms with Crippen molar-refractivity contribution in [3.05, 3.63) is 148 Å². The van der Waals surface area contributed by atoms with E-state index in [1.54, 1.807) is 30.1 Å². The molecule has 0 radical (unpaired) electrons. The molecule has 15 nitrogen and oxygen atoms in total. The number of carbonyl (C=O) groups is 1. The molecule has 2 saturated heterocycles. The standard InChI is InChI=1S/C53H61ClN10O5S2/c1-59(2)26-24-43(38-70-46-11-5-4-6-12-46)56-48-23-22-47(36-50(48)64(66)67)71(68,69)58-42-18-20-44(21-19-42)62-31-33-63(34-32-62)45-10-7-9-40(35-45)52-53(39-14-16-41(54)17-15-39)57-49(37-55-52)51(65)13-8-25-61-29-27-60(3)28-30-61/h4-7,9-12,14-23,35-37,43,56,58H,8,13,24-34,38H2,1-3H3/t43-/m1/s1. The summed E-state index contributed by atoms with van der Waals surface area (Å²) in [5.41, 5.74) is 5.64. The highest BCUT2D eigenvalue weighted by Gasteiger charge is 2.25. The van der Waals surface area contributed by atoms with Crippen molar-refractivity contribution in [1.82, 2.24) is 24.7 Å². The van der Waals surface area contributed by atoms with Gasteiger partial charge in [0.05, 0.1) is 27.4 Å². The van der Waals surface area contributed by atoms with E-state index in [0.29, 0.717) is 40.0 Å². The molecular weight excluding hydrogens is 956 g/mol. The van der Waals surface area contributed by atoms with Gasteiger partial charge in [-0.05, 0) is 120 Å². The molecule has 6 aromatic rings. The number of aromatic nitrogens is 2. The first-order valence-corrected chi connectivity index (χ1v) is 26.8. The van der Waals surface area contributed by atoms with Gasteiger partial charge >= 0.3 is 0 Å². The van der Waals surface area contributed by atoms with Crippen LogP contribution in [0.25, 0.3) is 22.5 Å². The minimum atomic E-state index is -4.16. The van der Waals surface area contributed by atoms with Gasteiger partial charge in [0.2, 0.25) is 0 Å². The van der Waals surface area contributed by atoms with Gasteiger partial charge < -0.3 is 29.8 Å². The number of piperazine rings is 2. The van der Waals surface area contributed by atoms with Crippen LogP contribution in [-0.4, -0.2) is 142 Å². The van der Waals surface area contributed by atoms with E-state index in [-0.39, 0.29) is 28.1 Å². The summed E-state index contributed by atoms with van der Waals surface area (Å²) in [6.07, 6.45) is 3.51. The summed E-state index contributed by atoms with van der Waals surface area (Å²) >= 11 is 7.94. The molecule has 2 fully saturated rings. The highest BCUT2D eigenvalue weighted by Crippen LogP contribution is 2.34. The Labute approximate surface area is 426 Å². The lowest BCUT2D eigenvalue weighted by Gasteiger charge is -2.37. The number of nitrogens with one attached hydrogen (secondary N) is 2. The number of anilines is 4. The van der Waals surface area contributed by atoms with Gasteiger partial charge in [0.15, 0.2) is 5.78 Å². The number of likely N-dealkylation sites (N-methyl/N-ethyl adjacent to an activating group) is 1. The molecule has 0 unspecified atom stereocenters. The zero-order valence-corrected chi connectivity index (χ0v) is 42.8. The second-order valence-electron chi connectivity index (χ2n) is 18.3. The summed E-state index contributed by atoms with van der Waals surface area (Å²) in [5.74, 6) is 0.645. The lowest BCUT2D eigenvalue weighted by atomic mass is 10.0. The number of nitrogens with zero attached hydrogens (tertiary/aromatic N) is 8. The molecule has 2 N–H and O–H groups in total. The van der Waals surface area contributed by atoms with Gasteiger partial charge in [0, 0.05) is 115 Å². The van der Waals surface area contributed by atoms with Crippen LogP contribution in [0.1, 0.15) is 29.8 Å². The first kappa shape index (κ1) is 51.3. The van der Waals surface area contributed by atoms with E-state index < -0.39 is 14.9 Å². The van der Waals surface area contributed by atoms with Crippen LogP contribution < -0.4 is 19.8 Å². The van der Waals surface area contributed by atoms with E-state index in [9.17, 15) is 23.3 Å². The number of sulfonamides is 1.